The fraction of sp³-hybridized carbons (Fsp3) is 0.273. The molecule has 0 saturated carbocycles. The summed E-state index contributed by atoms with van der Waals surface area (Å²) < 4.78 is 0. The van der Waals surface area contributed by atoms with E-state index in [-0.39, 0.29) is 0 Å². The van der Waals surface area contributed by atoms with Crippen LogP contribution in [0.5, 0.6) is 0 Å². The molecule has 0 amide bonds. The van der Waals surface area contributed by atoms with Gasteiger partial charge in [0.2, 0.25) is 0 Å². The molecule has 1 heterocycles. The number of amidine groups is 1. The van der Waals surface area contributed by atoms with E-state index in [4.69, 9.17) is 4.84 Å². The summed E-state index contributed by atoms with van der Waals surface area (Å²) in [5.41, 5.74) is 5.86. The Morgan fingerprint density at radius 1 is 1.33 bits per heavy atom. The molecule has 0 spiro atoms. The van der Waals surface area contributed by atoms with E-state index >= 15 is 0 Å². The van der Waals surface area contributed by atoms with Crippen molar-refractivity contribution in [1.29, 1.82) is 0 Å². The lowest BCUT2D eigenvalue weighted by Crippen LogP contribution is -2.30. The second-order valence-corrected chi connectivity index (χ2v) is 3.54. The van der Waals surface area contributed by atoms with Gasteiger partial charge in [0.1, 0.15) is 6.61 Å². The lowest BCUT2D eigenvalue weighted by atomic mass is 10.1. The Balaban J connectivity index is 2.38. The van der Waals surface area contributed by atoms with Crippen molar-refractivity contribution >= 4 is 11.5 Å². The summed E-state index contributed by atoms with van der Waals surface area (Å²) in [7, 11) is 0. The minimum Gasteiger partial charge on any atom is -0.270 e. The molecule has 0 radical (unpaired) electrons. The van der Waals surface area contributed by atoms with Crippen LogP contribution in [0.3, 0.4) is 0 Å². The molecule has 0 saturated heterocycles. The summed E-state index contributed by atoms with van der Waals surface area (Å²) in [6.07, 6.45) is 0. The molecule has 78 valence electrons. The largest absolute Gasteiger partial charge is 0.270 e. The SMILES string of the molecule is CC(C)=N/N=C1\NOCc2ccccc21. The van der Waals surface area contributed by atoms with Crippen LogP contribution >= 0.6 is 0 Å². The number of rotatable bonds is 1. The second-order valence-electron chi connectivity index (χ2n) is 3.54. The first-order valence-electron chi connectivity index (χ1n) is 4.82. The first-order chi connectivity index (χ1) is 7.27. The Morgan fingerprint density at radius 2 is 2.13 bits per heavy atom. The van der Waals surface area contributed by atoms with Gasteiger partial charge in [0.15, 0.2) is 5.84 Å². The van der Waals surface area contributed by atoms with Gasteiger partial charge in [-0.05, 0) is 19.4 Å². The Morgan fingerprint density at radius 3 is 2.93 bits per heavy atom. The number of fused-ring (bicyclic) bond motifs is 1. The van der Waals surface area contributed by atoms with Gasteiger partial charge in [0, 0.05) is 11.3 Å². The molecular formula is C11H13N3O. The van der Waals surface area contributed by atoms with Crippen molar-refractivity contribution in [2.45, 2.75) is 20.5 Å². The number of hydrogen-bond acceptors (Lipinski definition) is 3. The zero-order valence-electron chi connectivity index (χ0n) is 8.82. The van der Waals surface area contributed by atoms with Crippen molar-refractivity contribution in [1.82, 2.24) is 5.48 Å². The monoisotopic (exact) mass is 203 g/mol. The molecule has 0 aromatic heterocycles. The molecule has 4 nitrogen and oxygen atoms in total. The molecular weight excluding hydrogens is 190 g/mol. The average Bonchev–Trinajstić information content (AvgIpc) is 2.26. The minimum atomic E-state index is 0.560. The molecule has 0 unspecified atom stereocenters. The zero-order chi connectivity index (χ0) is 10.7. The van der Waals surface area contributed by atoms with Gasteiger partial charge in [-0.2, -0.15) is 5.10 Å². The van der Waals surface area contributed by atoms with Gasteiger partial charge in [-0.3, -0.25) is 4.84 Å². The zero-order valence-corrected chi connectivity index (χ0v) is 8.82. The molecule has 0 aliphatic carbocycles. The maximum atomic E-state index is 5.19. The average molecular weight is 203 g/mol. The van der Waals surface area contributed by atoms with Gasteiger partial charge in [0.05, 0.1) is 0 Å². The molecule has 4 heteroatoms. The highest BCUT2D eigenvalue weighted by molar-refractivity contribution is 6.00. The van der Waals surface area contributed by atoms with Crippen molar-refractivity contribution in [3.05, 3.63) is 35.4 Å². The van der Waals surface area contributed by atoms with Crippen LogP contribution in [0, 0.1) is 0 Å². The fourth-order valence-corrected chi connectivity index (χ4v) is 1.34. The molecule has 0 bridgehead atoms. The van der Waals surface area contributed by atoms with Gasteiger partial charge in [-0.25, -0.2) is 5.48 Å². The number of hydrogen-bond donors (Lipinski definition) is 1. The molecule has 2 rings (SSSR count). The second kappa shape index (κ2) is 4.23. The summed E-state index contributed by atoms with van der Waals surface area (Å²) in [4.78, 5) is 5.19. The summed E-state index contributed by atoms with van der Waals surface area (Å²) in [6, 6.07) is 7.99. The highest BCUT2D eigenvalue weighted by Crippen LogP contribution is 2.14. The highest BCUT2D eigenvalue weighted by Gasteiger charge is 2.14. The third kappa shape index (κ3) is 2.22. The number of nitrogens with one attached hydrogen (secondary N) is 1. The van der Waals surface area contributed by atoms with Crippen LogP contribution in [0.15, 0.2) is 34.5 Å². The van der Waals surface area contributed by atoms with Crippen LogP contribution in [0.25, 0.3) is 0 Å². The normalized spacial score (nSPS) is 16.8. The van der Waals surface area contributed by atoms with E-state index in [1.807, 2.05) is 38.1 Å². The van der Waals surface area contributed by atoms with E-state index in [2.05, 4.69) is 15.7 Å². The van der Waals surface area contributed by atoms with Crippen molar-refractivity contribution < 1.29 is 4.84 Å². The van der Waals surface area contributed by atoms with E-state index in [1.54, 1.807) is 0 Å². The van der Waals surface area contributed by atoms with Crippen molar-refractivity contribution in [3.8, 4) is 0 Å². The summed E-state index contributed by atoms with van der Waals surface area (Å²) in [5, 5.41) is 8.10. The molecule has 0 atom stereocenters. The third-order valence-corrected chi connectivity index (χ3v) is 2.02. The van der Waals surface area contributed by atoms with Crippen molar-refractivity contribution in [3.63, 3.8) is 0 Å². The van der Waals surface area contributed by atoms with Gasteiger partial charge in [0.25, 0.3) is 0 Å². The van der Waals surface area contributed by atoms with Crippen LogP contribution in [0.1, 0.15) is 25.0 Å². The predicted molar refractivity (Wildman–Crippen MR) is 59.7 cm³/mol. The number of benzene rings is 1. The number of hydroxylamine groups is 1. The molecule has 1 N–H and O–H groups in total. The summed E-state index contributed by atoms with van der Waals surface area (Å²) in [6.45, 7) is 4.36. The molecule has 1 aromatic carbocycles. The van der Waals surface area contributed by atoms with E-state index < -0.39 is 0 Å². The molecule has 1 aromatic rings. The lowest BCUT2D eigenvalue weighted by Gasteiger charge is -2.18. The maximum absolute atomic E-state index is 5.19. The Labute approximate surface area is 88.6 Å². The smallest absolute Gasteiger partial charge is 0.179 e. The first kappa shape index (κ1) is 9.86. The summed E-state index contributed by atoms with van der Waals surface area (Å²) >= 11 is 0. The molecule has 0 fully saturated rings. The summed E-state index contributed by atoms with van der Waals surface area (Å²) in [5.74, 6) is 0.665. The van der Waals surface area contributed by atoms with Crippen molar-refractivity contribution in [2.24, 2.45) is 10.2 Å². The van der Waals surface area contributed by atoms with Crippen molar-refractivity contribution in [2.75, 3.05) is 0 Å². The Hall–Kier alpha value is -1.68. The minimum absolute atomic E-state index is 0.560. The van der Waals surface area contributed by atoms with Gasteiger partial charge >= 0.3 is 0 Å². The molecule has 1 aliphatic rings. The lowest BCUT2D eigenvalue weighted by molar-refractivity contribution is 0.0650. The van der Waals surface area contributed by atoms with Gasteiger partial charge in [-0.1, -0.05) is 24.3 Å². The van der Waals surface area contributed by atoms with Gasteiger partial charge in [-0.15, -0.1) is 5.10 Å². The topological polar surface area (TPSA) is 46.0 Å². The fourth-order valence-electron chi connectivity index (χ4n) is 1.34. The third-order valence-electron chi connectivity index (χ3n) is 2.02. The molecule has 1 aliphatic heterocycles. The van der Waals surface area contributed by atoms with E-state index in [0.29, 0.717) is 12.4 Å². The Bertz CT molecular complexity index is 420. The predicted octanol–water partition coefficient (Wildman–Crippen LogP) is 1.86. The Kier molecular flexibility index (Phi) is 2.78. The number of nitrogens with zero attached hydrogens (tertiary/aromatic N) is 2. The van der Waals surface area contributed by atoms with E-state index in [1.165, 1.54) is 0 Å². The van der Waals surface area contributed by atoms with Crippen LogP contribution in [-0.4, -0.2) is 11.5 Å². The van der Waals surface area contributed by atoms with Gasteiger partial charge < -0.3 is 0 Å². The molecule has 15 heavy (non-hydrogen) atoms. The highest BCUT2D eigenvalue weighted by atomic mass is 16.6. The van der Waals surface area contributed by atoms with Crippen LogP contribution < -0.4 is 5.48 Å². The first-order valence-corrected chi connectivity index (χ1v) is 4.82. The van der Waals surface area contributed by atoms with E-state index in [9.17, 15) is 0 Å². The van der Waals surface area contributed by atoms with Crippen LogP contribution in [0.2, 0.25) is 0 Å². The van der Waals surface area contributed by atoms with E-state index in [0.717, 1.165) is 16.8 Å². The quantitative estimate of drug-likeness (QED) is 0.559. The maximum Gasteiger partial charge on any atom is 0.179 e. The van der Waals surface area contributed by atoms with Crippen LogP contribution in [-0.2, 0) is 11.4 Å². The standard InChI is InChI=1S/C11H13N3O/c1-8(2)12-13-11-10-6-4-3-5-9(10)7-15-14-11/h3-6H,7H2,1-2H3,(H,13,14). The van der Waals surface area contributed by atoms with Crippen LogP contribution in [0.4, 0.5) is 0 Å².